The van der Waals surface area contributed by atoms with Gasteiger partial charge in [0.25, 0.3) is 5.91 Å². The molecule has 0 aliphatic carbocycles. The molecule has 0 radical (unpaired) electrons. The van der Waals surface area contributed by atoms with E-state index in [2.05, 4.69) is 4.90 Å². The van der Waals surface area contributed by atoms with Crippen LogP contribution >= 0.6 is 0 Å². The molecule has 2 aromatic carbocycles. The molecule has 3 aliphatic heterocycles. The lowest BCUT2D eigenvalue weighted by molar-refractivity contribution is -0.137. The topological polar surface area (TPSA) is 68.7 Å². The number of benzene rings is 2. The van der Waals surface area contributed by atoms with Crippen LogP contribution in [0.2, 0.25) is 0 Å². The van der Waals surface area contributed by atoms with Gasteiger partial charge in [-0.05, 0) is 17.7 Å². The minimum absolute atomic E-state index is 0.201. The van der Waals surface area contributed by atoms with E-state index in [4.69, 9.17) is 9.73 Å². The number of likely N-dealkylation sites (N-methyl/N-ethyl adjacent to an activating group) is 1. The molecular formula is C22H23N5O3. The summed E-state index contributed by atoms with van der Waals surface area (Å²) in [6.45, 7) is 1.61. The number of ether oxygens (including phenoxy) is 1. The van der Waals surface area contributed by atoms with Gasteiger partial charge in [-0.3, -0.25) is 9.69 Å². The summed E-state index contributed by atoms with van der Waals surface area (Å²) in [5.41, 5.74) is 1.82. The number of guanidine groups is 1. The van der Waals surface area contributed by atoms with Gasteiger partial charge in [0.2, 0.25) is 5.96 Å². The van der Waals surface area contributed by atoms with Gasteiger partial charge in [-0.25, -0.2) is 9.79 Å². The lowest BCUT2D eigenvalue weighted by Gasteiger charge is -2.40. The summed E-state index contributed by atoms with van der Waals surface area (Å²) in [5.74, 6) is 1.26. The van der Waals surface area contributed by atoms with Crippen LogP contribution in [0.5, 0.6) is 5.75 Å². The minimum atomic E-state index is -0.524. The fourth-order valence-corrected chi connectivity index (χ4v) is 4.43. The predicted octanol–water partition coefficient (Wildman–Crippen LogP) is 1.98. The maximum absolute atomic E-state index is 13.4. The maximum atomic E-state index is 13.4. The molecule has 0 aromatic heterocycles. The molecule has 2 saturated heterocycles. The molecule has 2 atom stereocenters. The SMILES string of the molecule is COc1ccccc1N1CCN2C1=NC1C2C(=O)N(Cc2ccccc2)C(=O)N1C. The van der Waals surface area contributed by atoms with Crippen molar-refractivity contribution in [1.82, 2.24) is 14.7 Å². The summed E-state index contributed by atoms with van der Waals surface area (Å²) >= 11 is 0. The lowest BCUT2D eigenvalue weighted by Crippen LogP contribution is -2.64. The third-order valence-corrected chi connectivity index (χ3v) is 5.94. The Bertz CT molecular complexity index is 1020. The van der Waals surface area contributed by atoms with E-state index in [1.54, 1.807) is 19.1 Å². The van der Waals surface area contributed by atoms with Crippen molar-refractivity contribution in [3.05, 3.63) is 60.2 Å². The van der Waals surface area contributed by atoms with Crippen molar-refractivity contribution in [2.75, 3.05) is 32.1 Å². The largest absolute Gasteiger partial charge is 0.495 e. The van der Waals surface area contributed by atoms with Crippen LogP contribution in [0.4, 0.5) is 10.5 Å². The average Bonchev–Trinajstić information content (AvgIpc) is 3.35. The number of rotatable bonds is 4. The summed E-state index contributed by atoms with van der Waals surface area (Å²) in [6.07, 6.45) is -0.524. The van der Waals surface area contributed by atoms with Crippen molar-refractivity contribution in [1.29, 1.82) is 0 Å². The van der Waals surface area contributed by atoms with Crippen LogP contribution in [0.3, 0.4) is 0 Å². The van der Waals surface area contributed by atoms with E-state index in [1.165, 1.54) is 4.90 Å². The Morgan fingerprint density at radius 2 is 1.77 bits per heavy atom. The van der Waals surface area contributed by atoms with E-state index < -0.39 is 12.2 Å². The zero-order chi connectivity index (χ0) is 20.8. The van der Waals surface area contributed by atoms with Crippen LogP contribution in [0.25, 0.3) is 0 Å². The van der Waals surface area contributed by atoms with Gasteiger partial charge in [0.15, 0.2) is 12.2 Å². The van der Waals surface area contributed by atoms with Crippen LogP contribution < -0.4 is 9.64 Å². The van der Waals surface area contributed by atoms with E-state index in [9.17, 15) is 9.59 Å². The summed E-state index contributed by atoms with van der Waals surface area (Å²) < 4.78 is 5.51. The molecule has 0 saturated carbocycles. The third-order valence-electron chi connectivity index (χ3n) is 5.94. The Morgan fingerprint density at radius 3 is 2.53 bits per heavy atom. The molecule has 3 heterocycles. The molecule has 0 spiro atoms. The van der Waals surface area contributed by atoms with Crippen molar-refractivity contribution in [2.24, 2.45) is 4.99 Å². The van der Waals surface area contributed by atoms with E-state index in [0.29, 0.717) is 19.0 Å². The maximum Gasteiger partial charge on any atom is 0.328 e. The normalized spacial score (nSPS) is 22.9. The van der Waals surface area contributed by atoms with E-state index in [1.807, 2.05) is 59.5 Å². The number of carbonyl (C=O) groups excluding carboxylic acids is 2. The summed E-state index contributed by atoms with van der Waals surface area (Å²) in [4.78, 5) is 38.1. The molecule has 3 aliphatic rings. The molecule has 30 heavy (non-hydrogen) atoms. The molecule has 154 valence electrons. The van der Waals surface area contributed by atoms with Gasteiger partial charge in [-0.1, -0.05) is 42.5 Å². The minimum Gasteiger partial charge on any atom is -0.495 e. The first-order valence-electron chi connectivity index (χ1n) is 9.97. The molecular weight excluding hydrogens is 382 g/mol. The molecule has 2 aromatic rings. The molecule has 8 nitrogen and oxygen atoms in total. The highest BCUT2D eigenvalue weighted by molar-refractivity contribution is 6.08. The Kier molecular flexibility index (Phi) is 4.34. The quantitative estimate of drug-likeness (QED) is 0.778. The zero-order valence-electron chi connectivity index (χ0n) is 16.9. The number of urea groups is 1. The average molecular weight is 405 g/mol. The van der Waals surface area contributed by atoms with E-state index in [-0.39, 0.29) is 18.5 Å². The van der Waals surface area contributed by atoms with Crippen LogP contribution in [0.15, 0.2) is 59.6 Å². The second-order valence-corrected chi connectivity index (χ2v) is 7.61. The second kappa shape index (κ2) is 7.05. The number of carbonyl (C=O) groups is 2. The van der Waals surface area contributed by atoms with Crippen molar-refractivity contribution < 1.29 is 14.3 Å². The van der Waals surface area contributed by atoms with Gasteiger partial charge < -0.3 is 19.4 Å². The highest BCUT2D eigenvalue weighted by Gasteiger charge is 2.54. The first kappa shape index (κ1) is 18.5. The van der Waals surface area contributed by atoms with Gasteiger partial charge in [0.1, 0.15) is 5.75 Å². The molecule has 0 bridgehead atoms. The molecule has 5 rings (SSSR count). The number of anilines is 1. The first-order chi connectivity index (χ1) is 14.6. The number of methoxy groups -OCH3 is 1. The number of para-hydroxylation sites is 2. The van der Waals surface area contributed by atoms with Crippen molar-refractivity contribution in [2.45, 2.75) is 18.8 Å². The van der Waals surface area contributed by atoms with Crippen LogP contribution in [-0.2, 0) is 11.3 Å². The Morgan fingerprint density at radius 1 is 1.03 bits per heavy atom. The Balaban J connectivity index is 1.46. The summed E-state index contributed by atoms with van der Waals surface area (Å²) in [6, 6.07) is 16.5. The number of nitrogens with zero attached hydrogens (tertiary/aromatic N) is 5. The highest BCUT2D eigenvalue weighted by atomic mass is 16.5. The van der Waals surface area contributed by atoms with Crippen molar-refractivity contribution in [3.63, 3.8) is 0 Å². The zero-order valence-corrected chi connectivity index (χ0v) is 16.9. The van der Waals surface area contributed by atoms with E-state index >= 15 is 0 Å². The summed E-state index contributed by atoms with van der Waals surface area (Å²) in [7, 11) is 3.35. The molecule has 3 amide bonds. The molecule has 2 fully saturated rings. The molecule has 0 N–H and O–H groups in total. The molecule has 2 unspecified atom stereocenters. The highest BCUT2D eigenvalue weighted by Crippen LogP contribution is 2.36. The van der Waals surface area contributed by atoms with Crippen molar-refractivity contribution in [3.8, 4) is 5.75 Å². The number of imide groups is 1. The Hall–Kier alpha value is -3.55. The number of aliphatic imine (C=N–C) groups is 1. The number of amides is 3. The second-order valence-electron chi connectivity index (χ2n) is 7.61. The standard InChI is InChI=1S/C22H23N5O3/c1-24-19-18(20(28)27(22(24)29)14-15-8-4-3-5-9-15)26-13-12-25(21(26)23-19)16-10-6-7-11-17(16)30-2/h3-11,18-19H,12-14H2,1-2H3. The number of fused-ring (bicyclic) bond motifs is 3. The number of hydrogen-bond acceptors (Lipinski definition) is 6. The monoisotopic (exact) mass is 405 g/mol. The number of hydrogen-bond donors (Lipinski definition) is 0. The van der Waals surface area contributed by atoms with Gasteiger partial charge in [-0.15, -0.1) is 0 Å². The van der Waals surface area contributed by atoms with Crippen LogP contribution in [0.1, 0.15) is 5.56 Å². The van der Waals surface area contributed by atoms with Crippen LogP contribution in [0, 0.1) is 0 Å². The lowest BCUT2D eigenvalue weighted by atomic mass is 10.1. The summed E-state index contributed by atoms with van der Waals surface area (Å²) in [5, 5.41) is 0. The predicted molar refractivity (Wildman–Crippen MR) is 112 cm³/mol. The fraction of sp³-hybridized carbons (Fsp3) is 0.318. The van der Waals surface area contributed by atoms with Crippen molar-refractivity contribution >= 4 is 23.6 Å². The van der Waals surface area contributed by atoms with Gasteiger partial charge in [0.05, 0.1) is 19.3 Å². The first-order valence-corrected chi connectivity index (χ1v) is 9.97. The van der Waals surface area contributed by atoms with Gasteiger partial charge in [0, 0.05) is 20.1 Å². The van der Waals surface area contributed by atoms with Gasteiger partial charge >= 0.3 is 6.03 Å². The third kappa shape index (κ3) is 2.71. The molecule has 8 heteroatoms. The van der Waals surface area contributed by atoms with E-state index in [0.717, 1.165) is 17.0 Å². The van der Waals surface area contributed by atoms with Crippen LogP contribution in [-0.4, -0.2) is 72.1 Å². The van der Waals surface area contributed by atoms with Gasteiger partial charge in [-0.2, -0.15) is 0 Å². The Labute approximate surface area is 174 Å². The smallest absolute Gasteiger partial charge is 0.328 e. The fourth-order valence-electron chi connectivity index (χ4n) is 4.43.